The van der Waals surface area contributed by atoms with E-state index in [4.69, 9.17) is 10.5 Å². The molecule has 16 heavy (non-hydrogen) atoms. The molecule has 1 aliphatic rings. The van der Waals surface area contributed by atoms with Crippen molar-refractivity contribution in [2.24, 2.45) is 5.73 Å². The second-order valence-electron chi connectivity index (χ2n) is 3.90. The maximum absolute atomic E-state index is 11.6. The molecule has 1 unspecified atom stereocenters. The van der Waals surface area contributed by atoms with Crippen LogP contribution < -0.4 is 5.73 Å². The Balaban J connectivity index is 2.40. The molecule has 6 nitrogen and oxygen atoms in total. The van der Waals surface area contributed by atoms with Crippen molar-refractivity contribution in [3.05, 3.63) is 0 Å². The number of sulfone groups is 1. The lowest BCUT2D eigenvalue weighted by molar-refractivity contribution is -0.136. The fraction of sp³-hybridized carbons (Fsp3) is 0.889. The zero-order valence-electron chi connectivity index (χ0n) is 9.39. The predicted molar refractivity (Wildman–Crippen MR) is 59.7 cm³/mol. The molecule has 1 heterocycles. The summed E-state index contributed by atoms with van der Waals surface area (Å²) in [5.74, 6) is 0.0287. The Kier molecular flexibility index (Phi) is 4.69. The van der Waals surface area contributed by atoms with Crippen LogP contribution in [-0.4, -0.2) is 63.6 Å². The van der Waals surface area contributed by atoms with Crippen LogP contribution in [0.2, 0.25) is 0 Å². The van der Waals surface area contributed by atoms with Crippen molar-refractivity contribution in [1.82, 2.24) is 4.90 Å². The summed E-state index contributed by atoms with van der Waals surface area (Å²) < 4.78 is 27.5. The molecule has 1 saturated heterocycles. The van der Waals surface area contributed by atoms with Gasteiger partial charge in [0.05, 0.1) is 18.1 Å². The highest BCUT2D eigenvalue weighted by Crippen LogP contribution is 2.16. The third-order valence-corrected chi connectivity index (χ3v) is 4.39. The van der Waals surface area contributed by atoms with Crippen LogP contribution >= 0.6 is 0 Å². The van der Waals surface area contributed by atoms with E-state index in [1.165, 1.54) is 4.90 Å². The summed E-state index contributed by atoms with van der Waals surface area (Å²) in [5, 5.41) is 0. The Labute approximate surface area is 95.7 Å². The summed E-state index contributed by atoms with van der Waals surface area (Å²) in [7, 11) is -1.34. The first-order chi connectivity index (χ1) is 7.46. The van der Waals surface area contributed by atoms with Gasteiger partial charge in [0.1, 0.15) is 6.61 Å². The van der Waals surface area contributed by atoms with E-state index in [1.807, 2.05) is 0 Å². The van der Waals surface area contributed by atoms with E-state index in [1.54, 1.807) is 7.05 Å². The maximum atomic E-state index is 11.6. The highest BCUT2D eigenvalue weighted by Gasteiger charge is 2.32. The van der Waals surface area contributed by atoms with Gasteiger partial charge in [-0.15, -0.1) is 0 Å². The van der Waals surface area contributed by atoms with Gasteiger partial charge in [0.2, 0.25) is 5.91 Å². The average Bonchev–Trinajstić information content (AvgIpc) is 2.58. The fourth-order valence-corrected chi connectivity index (χ4v) is 3.40. The van der Waals surface area contributed by atoms with Gasteiger partial charge in [-0.3, -0.25) is 4.79 Å². The minimum atomic E-state index is -2.95. The van der Waals surface area contributed by atoms with Crippen LogP contribution in [0.25, 0.3) is 0 Å². The number of rotatable bonds is 5. The molecule has 1 amide bonds. The van der Waals surface area contributed by atoms with Gasteiger partial charge < -0.3 is 15.4 Å². The molecule has 0 aliphatic carbocycles. The number of likely N-dealkylation sites (N-methyl/N-ethyl adjacent to an activating group) is 1. The Bertz CT molecular complexity index is 341. The molecule has 1 atom stereocenters. The predicted octanol–water partition coefficient (Wildman–Crippen LogP) is -1.39. The fourth-order valence-electron chi connectivity index (χ4n) is 1.63. The van der Waals surface area contributed by atoms with E-state index in [2.05, 4.69) is 0 Å². The monoisotopic (exact) mass is 250 g/mol. The molecule has 0 aromatic heterocycles. The average molecular weight is 250 g/mol. The van der Waals surface area contributed by atoms with Crippen molar-refractivity contribution < 1.29 is 17.9 Å². The lowest BCUT2D eigenvalue weighted by atomic mass is 10.2. The minimum Gasteiger partial charge on any atom is -0.370 e. The molecular formula is C9H18N2O4S. The summed E-state index contributed by atoms with van der Waals surface area (Å²) in [6.45, 7) is 0.668. The van der Waals surface area contributed by atoms with Gasteiger partial charge in [-0.2, -0.15) is 0 Å². The van der Waals surface area contributed by atoms with Gasteiger partial charge >= 0.3 is 0 Å². The van der Waals surface area contributed by atoms with E-state index in [0.717, 1.165) is 0 Å². The largest absolute Gasteiger partial charge is 0.370 e. The van der Waals surface area contributed by atoms with Gasteiger partial charge in [-0.1, -0.05) is 0 Å². The summed E-state index contributed by atoms with van der Waals surface area (Å²) in [4.78, 5) is 13.0. The molecular weight excluding hydrogens is 232 g/mol. The number of carbonyl (C=O) groups is 1. The van der Waals surface area contributed by atoms with E-state index in [0.29, 0.717) is 19.6 Å². The van der Waals surface area contributed by atoms with Crippen molar-refractivity contribution >= 4 is 15.7 Å². The molecule has 1 fully saturated rings. The Morgan fingerprint density at radius 3 is 2.75 bits per heavy atom. The van der Waals surface area contributed by atoms with Gasteiger partial charge in [-0.25, -0.2) is 8.42 Å². The molecule has 0 saturated carbocycles. The molecule has 0 bridgehead atoms. The quantitative estimate of drug-likeness (QED) is 0.607. The number of ether oxygens (including phenoxy) is 1. The first-order valence-corrected chi connectivity index (χ1v) is 7.02. The molecule has 94 valence electrons. The van der Waals surface area contributed by atoms with E-state index < -0.39 is 9.84 Å². The lowest BCUT2D eigenvalue weighted by Gasteiger charge is -2.23. The van der Waals surface area contributed by atoms with Crippen molar-refractivity contribution in [1.29, 1.82) is 0 Å². The zero-order chi connectivity index (χ0) is 12.2. The molecule has 1 rings (SSSR count). The number of nitrogens with two attached hydrogens (primary N) is 1. The first-order valence-electron chi connectivity index (χ1n) is 5.20. The maximum Gasteiger partial charge on any atom is 0.248 e. The smallest absolute Gasteiger partial charge is 0.248 e. The number of hydrogen-bond acceptors (Lipinski definition) is 5. The van der Waals surface area contributed by atoms with Crippen molar-refractivity contribution in [2.75, 3.05) is 38.3 Å². The second kappa shape index (κ2) is 5.60. The van der Waals surface area contributed by atoms with E-state index in [9.17, 15) is 13.2 Å². The molecule has 0 aromatic carbocycles. The summed E-state index contributed by atoms with van der Waals surface area (Å²) in [6.07, 6.45) is 0.515. The number of hydrogen-bond donors (Lipinski definition) is 1. The topological polar surface area (TPSA) is 89.7 Å². The number of carbonyl (C=O) groups excluding carboxylic acids is 1. The Morgan fingerprint density at radius 2 is 2.25 bits per heavy atom. The standard InChI is InChI=1S/C9H18N2O4S/c1-11(9(12)6-15-4-3-10)8-2-5-16(13,14)7-8/h8H,2-7,10H2,1H3. The third-order valence-electron chi connectivity index (χ3n) is 2.64. The summed E-state index contributed by atoms with van der Waals surface area (Å²) in [5.41, 5.74) is 5.22. The normalized spacial score (nSPS) is 23.2. The van der Waals surface area contributed by atoms with Crippen LogP contribution in [0.4, 0.5) is 0 Å². The molecule has 0 spiro atoms. The van der Waals surface area contributed by atoms with Crippen LogP contribution in [0.15, 0.2) is 0 Å². The van der Waals surface area contributed by atoms with Crippen molar-refractivity contribution in [3.63, 3.8) is 0 Å². The zero-order valence-corrected chi connectivity index (χ0v) is 10.2. The lowest BCUT2D eigenvalue weighted by Crippen LogP contribution is -2.40. The highest BCUT2D eigenvalue weighted by atomic mass is 32.2. The number of amides is 1. The third kappa shape index (κ3) is 3.73. The second-order valence-corrected chi connectivity index (χ2v) is 6.13. The van der Waals surface area contributed by atoms with Gasteiger partial charge in [0.15, 0.2) is 9.84 Å². The van der Waals surface area contributed by atoms with Crippen LogP contribution in [0.5, 0.6) is 0 Å². The van der Waals surface area contributed by atoms with Gasteiger partial charge in [-0.05, 0) is 6.42 Å². The van der Waals surface area contributed by atoms with Crippen LogP contribution in [-0.2, 0) is 19.4 Å². The SMILES string of the molecule is CN(C(=O)COCCN)C1CCS(=O)(=O)C1. The highest BCUT2D eigenvalue weighted by molar-refractivity contribution is 7.91. The van der Waals surface area contributed by atoms with E-state index in [-0.39, 0.29) is 30.1 Å². The number of nitrogens with zero attached hydrogens (tertiary/aromatic N) is 1. The summed E-state index contributed by atoms with van der Waals surface area (Å²) >= 11 is 0. The van der Waals surface area contributed by atoms with E-state index >= 15 is 0 Å². The molecule has 0 radical (unpaired) electrons. The summed E-state index contributed by atoms with van der Waals surface area (Å²) in [6, 6.07) is -0.209. The van der Waals surface area contributed by atoms with Crippen LogP contribution in [0.1, 0.15) is 6.42 Å². The Morgan fingerprint density at radius 1 is 1.56 bits per heavy atom. The van der Waals surface area contributed by atoms with Crippen molar-refractivity contribution in [2.45, 2.75) is 12.5 Å². The van der Waals surface area contributed by atoms with Gasteiger partial charge in [0, 0.05) is 19.6 Å². The molecule has 1 aliphatic heterocycles. The Hall–Kier alpha value is -0.660. The molecule has 2 N–H and O–H groups in total. The van der Waals surface area contributed by atoms with Crippen molar-refractivity contribution in [3.8, 4) is 0 Å². The first kappa shape index (κ1) is 13.4. The van der Waals surface area contributed by atoms with Gasteiger partial charge in [0.25, 0.3) is 0 Å². The minimum absolute atomic E-state index is 0.0375. The van der Waals surface area contributed by atoms with Crippen LogP contribution in [0, 0.1) is 0 Å². The molecule has 0 aromatic rings. The molecule has 7 heteroatoms. The van der Waals surface area contributed by atoms with Crippen LogP contribution in [0.3, 0.4) is 0 Å².